The van der Waals surface area contributed by atoms with Crippen LogP contribution in [0.25, 0.3) is 0 Å². The van der Waals surface area contributed by atoms with Gasteiger partial charge >= 0.3 is 5.97 Å². The molecule has 2 rings (SSSR count). The fraction of sp³-hybridized carbons (Fsp3) is 0.909. The molecule has 2 fully saturated rings. The highest BCUT2D eigenvalue weighted by Gasteiger charge is 2.41. The van der Waals surface area contributed by atoms with Crippen LogP contribution >= 0.6 is 0 Å². The normalized spacial score (nSPS) is 43.2. The van der Waals surface area contributed by atoms with Gasteiger partial charge in [-0.1, -0.05) is 13.8 Å². The lowest BCUT2D eigenvalue weighted by Crippen LogP contribution is -2.16. The van der Waals surface area contributed by atoms with Gasteiger partial charge in [0.2, 0.25) is 0 Å². The molecule has 0 aromatic heterocycles. The molecule has 0 aromatic rings. The van der Waals surface area contributed by atoms with E-state index in [1.165, 1.54) is 6.42 Å². The predicted octanol–water partition coefficient (Wildman–Crippen LogP) is 2.37. The Morgan fingerprint density at radius 2 is 1.92 bits per heavy atom. The molecule has 2 saturated carbocycles. The van der Waals surface area contributed by atoms with Crippen LogP contribution in [0.4, 0.5) is 0 Å². The third kappa shape index (κ3) is 2.04. The molecule has 0 aliphatic heterocycles. The maximum absolute atomic E-state index is 11.5. The Morgan fingerprint density at radius 3 is 2.38 bits per heavy atom. The van der Waals surface area contributed by atoms with Crippen LogP contribution in [-0.4, -0.2) is 12.1 Å². The first kappa shape index (κ1) is 9.04. The van der Waals surface area contributed by atoms with E-state index in [9.17, 15) is 4.79 Å². The number of hydrogen-bond acceptors (Lipinski definition) is 2. The first-order valence-electron chi connectivity index (χ1n) is 5.37. The van der Waals surface area contributed by atoms with Crippen molar-refractivity contribution < 1.29 is 9.53 Å². The highest BCUT2D eigenvalue weighted by molar-refractivity contribution is 5.75. The van der Waals surface area contributed by atoms with Crippen molar-refractivity contribution >= 4 is 5.97 Å². The van der Waals surface area contributed by atoms with Crippen molar-refractivity contribution in [1.82, 2.24) is 0 Å². The highest BCUT2D eigenvalue weighted by Crippen LogP contribution is 2.39. The lowest BCUT2D eigenvalue weighted by Gasteiger charge is -2.11. The highest BCUT2D eigenvalue weighted by atomic mass is 16.5. The summed E-state index contributed by atoms with van der Waals surface area (Å²) in [6, 6.07) is 0. The summed E-state index contributed by atoms with van der Waals surface area (Å²) in [5.74, 6) is 1.61. The van der Waals surface area contributed by atoms with Crippen LogP contribution in [-0.2, 0) is 9.53 Å². The summed E-state index contributed by atoms with van der Waals surface area (Å²) in [5.41, 5.74) is 0. The molecule has 0 amide bonds. The zero-order chi connectivity index (χ0) is 9.42. The van der Waals surface area contributed by atoms with Crippen LogP contribution in [0.3, 0.4) is 0 Å². The number of carbonyl (C=O) groups excluding carboxylic acids is 1. The van der Waals surface area contributed by atoms with Crippen LogP contribution < -0.4 is 0 Å². The minimum absolute atomic E-state index is 0.0617. The van der Waals surface area contributed by atoms with Gasteiger partial charge in [0.25, 0.3) is 0 Å². The van der Waals surface area contributed by atoms with Crippen LogP contribution in [0.2, 0.25) is 0 Å². The Labute approximate surface area is 79.7 Å². The third-order valence-corrected chi connectivity index (χ3v) is 3.34. The maximum atomic E-state index is 11.5. The Morgan fingerprint density at radius 1 is 1.23 bits per heavy atom. The fourth-order valence-corrected chi connectivity index (χ4v) is 2.16. The van der Waals surface area contributed by atoms with Gasteiger partial charge in [-0.3, -0.25) is 4.79 Å². The molecule has 0 spiro atoms. The number of ether oxygens (including phenoxy) is 1. The summed E-state index contributed by atoms with van der Waals surface area (Å²) in [4.78, 5) is 11.5. The van der Waals surface area contributed by atoms with Crippen molar-refractivity contribution in [3.63, 3.8) is 0 Å². The van der Waals surface area contributed by atoms with Gasteiger partial charge in [-0.05, 0) is 37.5 Å². The van der Waals surface area contributed by atoms with Crippen molar-refractivity contribution in [3.8, 4) is 0 Å². The summed E-state index contributed by atoms with van der Waals surface area (Å²) in [6.07, 6.45) is 4.65. The summed E-state index contributed by atoms with van der Waals surface area (Å²) < 4.78 is 5.44. The number of carbonyl (C=O) groups is 1. The Bertz CT molecular complexity index is 212. The van der Waals surface area contributed by atoms with Gasteiger partial charge in [-0.25, -0.2) is 0 Å². The van der Waals surface area contributed by atoms with Gasteiger partial charge in [0, 0.05) is 0 Å². The molecule has 0 bridgehead atoms. The molecule has 2 heteroatoms. The zero-order valence-electron chi connectivity index (χ0n) is 8.45. The third-order valence-electron chi connectivity index (χ3n) is 3.34. The average molecular weight is 182 g/mol. The molecular formula is C11H18O2. The Hall–Kier alpha value is -0.530. The van der Waals surface area contributed by atoms with Crippen LogP contribution in [0.5, 0.6) is 0 Å². The van der Waals surface area contributed by atoms with Crippen molar-refractivity contribution in [2.45, 2.75) is 45.6 Å². The summed E-state index contributed by atoms with van der Waals surface area (Å²) >= 11 is 0. The molecule has 2 aliphatic carbocycles. The van der Waals surface area contributed by atoms with Gasteiger partial charge in [0.05, 0.1) is 5.92 Å². The fourth-order valence-electron chi connectivity index (χ4n) is 2.16. The largest absolute Gasteiger partial charge is 0.462 e. The van der Waals surface area contributed by atoms with Crippen molar-refractivity contribution in [3.05, 3.63) is 0 Å². The van der Waals surface area contributed by atoms with Crippen LogP contribution in [0.15, 0.2) is 0 Å². The Balaban J connectivity index is 1.75. The van der Waals surface area contributed by atoms with E-state index in [1.54, 1.807) is 0 Å². The topological polar surface area (TPSA) is 26.3 Å². The number of hydrogen-bond donors (Lipinski definition) is 0. The second kappa shape index (κ2) is 3.32. The van der Waals surface area contributed by atoms with Gasteiger partial charge in [0.1, 0.15) is 6.10 Å². The molecular weight excluding hydrogens is 164 g/mol. The quantitative estimate of drug-likeness (QED) is 0.613. The maximum Gasteiger partial charge on any atom is 0.309 e. The first-order valence-corrected chi connectivity index (χ1v) is 5.37. The van der Waals surface area contributed by atoms with Gasteiger partial charge < -0.3 is 4.74 Å². The minimum Gasteiger partial charge on any atom is -0.462 e. The minimum atomic E-state index is 0.0617. The van der Waals surface area contributed by atoms with Gasteiger partial charge in [0.15, 0.2) is 0 Å². The molecule has 0 N–H and O–H groups in total. The van der Waals surface area contributed by atoms with Crippen molar-refractivity contribution in [1.29, 1.82) is 0 Å². The lowest BCUT2D eigenvalue weighted by molar-refractivity contribution is -0.150. The molecule has 13 heavy (non-hydrogen) atoms. The number of esters is 1. The van der Waals surface area contributed by atoms with Crippen molar-refractivity contribution in [2.75, 3.05) is 0 Å². The van der Waals surface area contributed by atoms with E-state index in [0.29, 0.717) is 5.92 Å². The van der Waals surface area contributed by atoms with E-state index in [-0.39, 0.29) is 18.0 Å². The van der Waals surface area contributed by atoms with E-state index >= 15 is 0 Å². The van der Waals surface area contributed by atoms with E-state index in [4.69, 9.17) is 4.74 Å². The molecule has 2 nitrogen and oxygen atoms in total. The molecule has 74 valence electrons. The van der Waals surface area contributed by atoms with Gasteiger partial charge in [-0.15, -0.1) is 0 Å². The van der Waals surface area contributed by atoms with Crippen LogP contribution in [0.1, 0.15) is 39.5 Å². The second-order valence-electron chi connectivity index (χ2n) is 4.80. The molecule has 4 atom stereocenters. The van der Waals surface area contributed by atoms with Crippen molar-refractivity contribution in [2.24, 2.45) is 17.8 Å². The van der Waals surface area contributed by atoms with E-state index < -0.39 is 0 Å². The standard InChI is InChI=1S/C11H18O2/c1-7-3-4-9(5-7)13-11(12)10-6-8(10)2/h7-10H,3-6H2,1-2H3/t7?,8-,9?,10-/m0/s1. The summed E-state index contributed by atoms with van der Waals surface area (Å²) in [7, 11) is 0. The predicted molar refractivity (Wildman–Crippen MR) is 50.2 cm³/mol. The molecule has 0 radical (unpaired) electrons. The smallest absolute Gasteiger partial charge is 0.309 e. The second-order valence-corrected chi connectivity index (χ2v) is 4.80. The van der Waals surface area contributed by atoms with E-state index in [1.807, 2.05) is 0 Å². The number of rotatable bonds is 2. The SMILES string of the molecule is CC1CCC(OC(=O)[C@H]2C[C@@H]2C)C1. The van der Waals surface area contributed by atoms with E-state index in [0.717, 1.165) is 25.2 Å². The van der Waals surface area contributed by atoms with E-state index in [2.05, 4.69) is 13.8 Å². The lowest BCUT2D eigenvalue weighted by atomic mass is 10.1. The Kier molecular flexibility index (Phi) is 2.31. The molecule has 2 aliphatic rings. The first-order chi connectivity index (χ1) is 6.16. The summed E-state index contributed by atoms with van der Waals surface area (Å²) in [5, 5.41) is 0. The molecule has 0 aromatic carbocycles. The summed E-state index contributed by atoms with van der Waals surface area (Å²) in [6.45, 7) is 4.34. The molecule has 2 unspecified atom stereocenters. The molecule has 0 heterocycles. The van der Waals surface area contributed by atoms with Crippen LogP contribution in [0, 0.1) is 17.8 Å². The molecule has 0 saturated heterocycles. The zero-order valence-corrected chi connectivity index (χ0v) is 8.45. The van der Waals surface area contributed by atoms with Gasteiger partial charge in [-0.2, -0.15) is 0 Å². The monoisotopic (exact) mass is 182 g/mol. The average Bonchev–Trinajstić information content (AvgIpc) is 2.66.